The second-order valence-electron chi connectivity index (χ2n) is 3.92. The highest BCUT2D eigenvalue weighted by Gasteiger charge is 2.35. The van der Waals surface area contributed by atoms with Crippen LogP contribution in [0.2, 0.25) is 0 Å². The van der Waals surface area contributed by atoms with Crippen LogP contribution in [0.4, 0.5) is 13.2 Å². The molecule has 1 unspecified atom stereocenters. The molecule has 1 saturated heterocycles. The van der Waals surface area contributed by atoms with Crippen LogP contribution in [0.25, 0.3) is 0 Å². The van der Waals surface area contributed by atoms with E-state index >= 15 is 0 Å². The molecule has 18 heavy (non-hydrogen) atoms. The van der Waals surface area contributed by atoms with Crippen LogP contribution >= 0.6 is 0 Å². The van der Waals surface area contributed by atoms with Crippen molar-refractivity contribution in [2.75, 3.05) is 6.61 Å². The Morgan fingerprint density at radius 3 is 2.67 bits per heavy atom. The third-order valence-corrected chi connectivity index (χ3v) is 2.60. The van der Waals surface area contributed by atoms with Gasteiger partial charge in [-0.2, -0.15) is 13.2 Å². The molecule has 0 saturated carbocycles. The number of ether oxygens (including phenoxy) is 2. The third-order valence-electron chi connectivity index (χ3n) is 2.60. The maximum Gasteiger partial charge on any atom is 0.419 e. The van der Waals surface area contributed by atoms with E-state index in [0.29, 0.717) is 19.4 Å². The molecule has 1 fully saturated rings. The Hall–Kier alpha value is -1.56. The monoisotopic (exact) mass is 260 g/mol. The highest BCUT2D eigenvalue weighted by atomic mass is 19.4. The molecule has 98 valence electrons. The first-order valence-corrected chi connectivity index (χ1v) is 5.48. The van der Waals surface area contributed by atoms with Gasteiger partial charge in [-0.3, -0.25) is 0 Å². The summed E-state index contributed by atoms with van der Waals surface area (Å²) in [6.07, 6.45) is -4.12. The summed E-state index contributed by atoms with van der Waals surface area (Å²) in [6, 6.07) is 4.62. The van der Waals surface area contributed by atoms with Gasteiger partial charge in [0.05, 0.1) is 5.56 Å². The van der Waals surface area contributed by atoms with Gasteiger partial charge >= 0.3 is 12.1 Å². The molecule has 2 rings (SSSR count). The van der Waals surface area contributed by atoms with Crippen molar-refractivity contribution in [3.8, 4) is 5.75 Å². The number of carbonyl (C=O) groups is 1. The lowest BCUT2D eigenvalue weighted by Gasteiger charge is -2.14. The highest BCUT2D eigenvalue weighted by molar-refractivity contribution is 5.77. The molecule has 1 heterocycles. The fourth-order valence-electron chi connectivity index (χ4n) is 1.73. The summed E-state index contributed by atoms with van der Waals surface area (Å²) in [4.78, 5) is 11.6. The summed E-state index contributed by atoms with van der Waals surface area (Å²) in [6.45, 7) is 0.431. The maximum atomic E-state index is 12.7. The number of alkyl halides is 3. The Bertz CT molecular complexity index is 436. The average molecular weight is 260 g/mol. The zero-order valence-corrected chi connectivity index (χ0v) is 9.37. The van der Waals surface area contributed by atoms with Crippen LogP contribution in [0.1, 0.15) is 18.4 Å². The molecular formula is C12H11F3O3. The summed E-state index contributed by atoms with van der Waals surface area (Å²) in [5.41, 5.74) is -0.962. The predicted octanol–water partition coefficient (Wildman–Crippen LogP) is 2.79. The number of hydrogen-bond donors (Lipinski definition) is 0. The molecule has 1 atom stereocenters. The first kappa shape index (κ1) is 12.9. The Balaban J connectivity index is 2.16. The fourth-order valence-corrected chi connectivity index (χ4v) is 1.73. The van der Waals surface area contributed by atoms with E-state index in [9.17, 15) is 18.0 Å². The summed E-state index contributed by atoms with van der Waals surface area (Å²) in [7, 11) is 0. The van der Waals surface area contributed by atoms with Crippen molar-refractivity contribution >= 4 is 5.97 Å². The van der Waals surface area contributed by atoms with E-state index in [4.69, 9.17) is 9.47 Å². The predicted molar refractivity (Wildman–Crippen MR) is 56.1 cm³/mol. The molecule has 0 radical (unpaired) electrons. The molecule has 0 spiro atoms. The molecule has 0 N–H and O–H groups in total. The van der Waals surface area contributed by atoms with Crippen molar-refractivity contribution in [3.05, 3.63) is 29.8 Å². The number of halogens is 3. The second-order valence-corrected chi connectivity index (χ2v) is 3.92. The summed E-state index contributed by atoms with van der Waals surface area (Å²) < 4.78 is 47.8. The van der Waals surface area contributed by atoms with Gasteiger partial charge < -0.3 is 9.47 Å². The van der Waals surface area contributed by atoms with Crippen LogP contribution in [-0.2, 0) is 15.7 Å². The van der Waals surface area contributed by atoms with Gasteiger partial charge in [-0.15, -0.1) is 0 Å². The van der Waals surface area contributed by atoms with Crippen molar-refractivity contribution in [1.82, 2.24) is 0 Å². The van der Waals surface area contributed by atoms with Crippen molar-refractivity contribution in [1.29, 1.82) is 0 Å². The number of carbonyl (C=O) groups excluding carboxylic acids is 1. The lowest BCUT2D eigenvalue weighted by atomic mass is 10.2. The standard InChI is InChI=1S/C12H11F3O3/c13-12(14,15)8-4-1-2-5-9(8)18-11(16)10-6-3-7-17-10/h1-2,4-5,10H,3,6-7H2. The SMILES string of the molecule is O=C(Oc1ccccc1C(F)(F)F)C1CCCO1. The molecule has 6 heteroatoms. The Morgan fingerprint density at radius 1 is 1.33 bits per heavy atom. The highest BCUT2D eigenvalue weighted by Crippen LogP contribution is 2.36. The maximum absolute atomic E-state index is 12.7. The van der Waals surface area contributed by atoms with Gasteiger partial charge in [-0.05, 0) is 25.0 Å². The molecule has 1 aromatic carbocycles. The Morgan fingerprint density at radius 2 is 2.06 bits per heavy atom. The molecule has 0 bridgehead atoms. The minimum Gasteiger partial charge on any atom is -0.424 e. The van der Waals surface area contributed by atoms with Gasteiger partial charge in [0.2, 0.25) is 0 Å². The zero-order chi connectivity index (χ0) is 13.2. The van der Waals surface area contributed by atoms with E-state index in [-0.39, 0.29) is 0 Å². The molecule has 1 aliphatic heterocycles. The van der Waals surface area contributed by atoms with Crippen LogP contribution in [0.15, 0.2) is 24.3 Å². The number of esters is 1. The van der Waals surface area contributed by atoms with E-state index in [2.05, 4.69) is 0 Å². The average Bonchev–Trinajstić information content (AvgIpc) is 2.81. The molecule has 0 amide bonds. The van der Waals surface area contributed by atoms with Gasteiger partial charge in [-0.1, -0.05) is 12.1 Å². The fraction of sp³-hybridized carbons (Fsp3) is 0.417. The molecule has 1 aliphatic rings. The van der Waals surface area contributed by atoms with Crippen molar-refractivity contribution in [2.45, 2.75) is 25.1 Å². The van der Waals surface area contributed by atoms with Crippen molar-refractivity contribution in [2.24, 2.45) is 0 Å². The molecule has 0 aromatic heterocycles. The van der Waals surface area contributed by atoms with Gasteiger partial charge in [0, 0.05) is 6.61 Å². The molecule has 0 aliphatic carbocycles. The van der Waals surface area contributed by atoms with Crippen LogP contribution in [0.5, 0.6) is 5.75 Å². The van der Waals surface area contributed by atoms with Crippen LogP contribution < -0.4 is 4.74 Å². The summed E-state index contributed by atoms with van der Waals surface area (Å²) >= 11 is 0. The molecular weight excluding hydrogens is 249 g/mol. The normalized spacial score (nSPS) is 19.8. The minimum absolute atomic E-state index is 0.431. The minimum atomic E-state index is -4.55. The Labute approximate surface area is 102 Å². The largest absolute Gasteiger partial charge is 0.424 e. The van der Waals surface area contributed by atoms with Crippen LogP contribution in [-0.4, -0.2) is 18.7 Å². The number of para-hydroxylation sites is 1. The topological polar surface area (TPSA) is 35.5 Å². The second kappa shape index (κ2) is 4.97. The van der Waals surface area contributed by atoms with E-state index in [1.807, 2.05) is 0 Å². The smallest absolute Gasteiger partial charge is 0.419 e. The van der Waals surface area contributed by atoms with Gasteiger partial charge in [0.15, 0.2) is 6.10 Å². The van der Waals surface area contributed by atoms with Gasteiger partial charge in [-0.25, -0.2) is 4.79 Å². The zero-order valence-electron chi connectivity index (χ0n) is 9.37. The lowest BCUT2D eigenvalue weighted by Crippen LogP contribution is -2.25. The van der Waals surface area contributed by atoms with E-state index in [1.54, 1.807) is 0 Å². The third kappa shape index (κ3) is 2.81. The van der Waals surface area contributed by atoms with Crippen LogP contribution in [0.3, 0.4) is 0 Å². The summed E-state index contributed by atoms with van der Waals surface area (Å²) in [5, 5.41) is 0. The lowest BCUT2D eigenvalue weighted by molar-refractivity contribution is -0.148. The van der Waals surface area contributed by atoms with Gasteiger partial charge in [0.1, 0.15) is 5.75 Å². The van der Waals surface area contributed by atoms with E-state index in [0.717, 1.165) is 12.1 Å². The molecule has 3 nitrogen and oxygen atoms in total. The summed E-state index contributed by atoms with van der Waals surface area (Å²) in [5.74, 6) is -1.25. The van der Waals surface area contributed by atoms with Gasteiger partial charge in [0.25, 0.3) is 0 Å². The quantitative estimate of drug-likeness (QED) is 0.606. The van der Waals surface area contributed by atoms with Crippen molar-refractivity contribution < 1.29 is 27.4 Å². The first-order valence-electron chi connectivity index (χ1n) is 5.48. The molecule has 1 aromatic rings. The van der Waals surface area contributed by atoms with E-state index in [1.165, 1.54) is 12.1 Å². The number of hydrogen-bond acceptors (Lipinski definition) is 3. The number of rotatable bonds is 2. The first-order chi connectivity index (χ1) is 8.48. The number of benzene rings is 1. The Kier molecular flexibility index (Phi) is 3.56. The van der Waals surface area contributed by atoms with Crippen molar-refractivity contribution in [3.63, 3.8) is 0 Å². The van der Waals surface area contributed by atoms with E-state index < -0.39 is 29.6 Å². The van der Waals surface area contributed by atoms with Crippen LogP contribution in [0, 0.1) is 0 Å².